The second-order valence-corrected chi connectivity index (χ2v) is 5.51. The Balaban J connectivity index is 2.30. The SMILES string of the molecule is CC(=C1C=CC(=[N+](C)C)C=C1)c1ccc(N(C)C)cc1. The van der Waals surface area contributed by atoms with Crippen LogP contribution in [-0.2, 0) is 0 Å². The van der Waals surface area contributed by atoms with Crippen molar-refractivity contribution < 1.29 is 4.58 Å². The van der Waals surface area contributed by atoms with Crippen LogP contribution in [0.25, 0.3) is 5.57 Å². The van der Waals surface area contributed by atoms with Crippen molar-refractivity contribution >= 4 is 17.0 Å². The Bertz CT molecular complexity index is 589. The highest BCUT2D eigenvalue weighted by Crippen LogP contribution is 2.24. The molecule has 0 amide bonds. The highest BCUT2D eigenvalue weighted by Gasteiger charge is 2.07. The van der Waals surface area contributed by atoms with E-state index in [1.165, 1.54) is 28.1 Å². The molecule has 2 heteroatoms. The van der Waals surface area contributed by atoms with E-state index >= 15 is 0 Å². The van der Waals surface area contributed by atoms with Gasteiger partial charge in [0.25, 0.3) is 0 Å². The molecular weight excluding hydrogens is 244 g/mol. The van der Waals surface area contributed by atoms with Crippen molar-refractivity contribution in [2.24, 2.45) is 0 Å². The lowest BCUT2D eigenvalue weighted by Crippen LogP contribution is -2.09. The predicted octanol–water partition coefficient (Wildman–Crippen LogP) is 3.37. The lowest BCUT2D eigenvalue weighted by atomic mass is 9.97. The fourth-order valence-corrected chi connectivity index (χ4v) is 2.19. The second-order valence-electron chi connectivity index (χ2n) is 5.51. The number of hydrogen-bond acceptors (Lipinski definition) is 1. The molecule has 0 heterocycles. The first-order valence-electron chi connectivity index (χ1n) is 6.88. The maximum Gasteiger partial charge on any atom is 0.199 e. The number of allylic oxidation sites excluding steroid dienone is 6. The lowest BCUT2D eigenvalue weighted by Gasteiger charge is -2.14. The molecule has 0 spiro atoms. The van der Waals surface area contributed by atoms with Crippen LogP contribution in [0.2, 0.25) is 0 Å². The van der Waals surface area contributed by atoms with Gasteiger partial charge in [-0.2, -0.15) is 0 Å². The molecule has 20 heavy (non-hydrogen) atoms. The molecular formula is C18H23N2+. The fourth-order valence-electron chi connectivity index (χ4n) is 2.19. The van der Waals surface area contributed by atoms with Gasteiger partial charge in [0.2, 0.25) is 0 Å². The Hall–Kier alpha value is -2.09. The van der Waals surface area contributed by atoms with Crippen LogP contribution in [-0.4, -0.2) is 38.5 Å². The van der Waals surface area contributed by atoms with Gasteiger partial charge in [0.05, 0.1) is 0 Å². The van der Waals surface area contributed by atoms with Gasteiger partial charge < -0.3 is 4.90 Å². The summed E-state index contributed by atoms with van der Waals surface area (Å²) in [5.74, 6) is 0. The van der Waals surface area contributed by atoms with Gasteiger partial charge in [0.15, 0.2) is 5.71 Å². The van der Waals surface area contributed by atoms with Gasteiger partial charge in [-0.15, -0.1) is 0 Å². The fraction of sp³-hybridized carbons (Fsp3) is 0.278. The molecule has 0 saturated carbocycles. The molecule has 0 aliphatic heterocycles. The molecule has 0 radical (unpaired) electrons. The van der Waals surface area contributed by atoms with E-state index in [-0.39, 0.29) is 0 Å². The average Bonchev–Trinajstić information content (AvgIpc) is 2.46. The summed E-state index contributed by atoms with van der Waals surface area (Å²) >= 11 is 0. The van der Waals surface area contributed by atoms with E-state index in [9.17, 15) is 0 Å². The molecule has 0 bridgehead atoms. The van der Waals surface area contributed by atoms with Gasteiger partial charge in [-0.25, -0.2) is 4.58 Å². The molecule has 1 aromatic carbocycles. The lowest BCUT2D eigenvalue weighted by molar-refractivity contribution is -0.462. The summed E-state index contributed by atoms with van der Waals surface area (Å²) < 4.78 is 2.12. The zero-order valence-corrected chi connectivity index (χ0v) is 13.0. The van der Waals surface area contributed by atoms with Gasteiger partial charge in [-0.1, -0.05) is 12.1 Å². The van der Waals surface area contributed by atoms with Crippen molar-refractivity contribution in [3.63, 3.8) is 0 Å². The molecule has 0 atom stereocenters. The summed E-state index contributed by atoms with van der Waals surface area (Å²) in [6.07, 6.45) is 8.69. The van der Waals surface area contributed by atoms with E-state index in [0.29, 0.717) is 0 Å². The van der Waals surface area contributed by atoms with Crippen LogP contribution in [0.3, 0.4) is 0 Å². The van der Waals surface area contributed by atoms with E-state index in [1.54, 1.807) is 0 Å². The van der Waals surface area contributed by atoms with E-state index < -0.39 is 0 Å². The van der Waals surface area contributed by atoms with Crippen molar-refractivity contribution in [2.45, 2.75) is 6.92 Å². The highest BCUT2D eigenvalue weighted by molar-refractivity contribution is 6.03. The van der Waals surface area contributed by atoms with E-state index in [4.69, 9.17) is 0 Å². The first-order chi connectivity index (χ1) is 9.49. The third kappa shape index (κ3) is 3.08. The first kappa shape index (κ1) is 14.3. The van der Waals surface area contributed by atoms with E-state index in [1.807, 2.05) is 0 Å². The van der Waals surface area contributed by atoms with Crippen LogP contribution in [0.4, 0.5) is 5.69 Å². The monoisotopic (exact) mass is 267 g/mol. The molecule has 0 N–H and O–H groups in total. The zero-order valence-electron chi connectivity index (χ0n) is 13.0. The third-order valence-corrected chi connectivity index (χ3v) is 3.63. The van der Waals surface area contributed by atoms with Crippen molar-refractivity contribution in [1.82, 2.24) is 0 Å². The first-order valence-corrected chi connectivity index (χ1v) is 6.88. The van der Waals surface area contributed by atoms with E-state index in [2.05, 4.69) is 93.2 Å². The minimum absolute atomic E-state index is 1.23. The maximum atomic E-state index is 2.19. The smallest absolute Gasteiger partial charge is 0.199 e. The Morgan fingerprint density at radius 1 is 0.900 bits per heavy atom. The Kier molecular flexibility index (Phi) is 4.23. The summed E-state index contributed by atoms with van der Waals surface area (Å²) in [4.78, 5) is 2.12. The summed E-state index contributed by atoms with van der Waals surface area (Å²) in [5, 5.41) is 0. The average molecular weight is 267 g/mol. The Morgan fingerprint density at radius 3 is 1.90 bits per heavy atom. The van der Waals surface area contributed by atoms with Crippen molar-refractivity contribution in [3.05, 3.63) is 59.7 Å². The minimum Gasteiger partial charge on any atom is -0.378 e. The molecule has 1 aliphatic rings. The number of anilines is 1. The maximum absolute atomic E-state index is 2.19. The minimum atomic E-state index is 1.23. The van der Waals surface area contributed by atoms with Gasteiger partial charge >= 0.3 is 0 Å². The molecule has 2 nitrogen and oxygen atoms in total. The van der Waals surface area contributed by atoms with Crippen LogP contribution in [0.1, 0.15) is 12.5 Å². The van der Waals surface area contributed by atoms with E-state index in [0.717, 1.165) is 0 Å². The van der Waals surface area contributed by atoms with Crippen molar-refractivity contribution in [2.75, 3.05) is 33.1 Å². The molecule has 2 rings (SSSR count). The quantitative estimate of drug-likeness (QED) is 0.745. The topological polar surface area (TPSA) is 6.25 Å². The van der Waals surface area contributed by atoms with Crippen LogP contribution in [0.15, 0.2) is 54.1 Å². The zero-order chi connectivity index (χ0) is 14.7. The van der Waals surface area contributed by atoms with Gasteiger partial charge in [0.1, 0.15) is 14.1 Å². The number of nitrogens with zero attached hydrogens (tertiary/aromatic N) is 2. The van der Waals surface area contributed by atoms with Gasteiger partial charge in [-0.05, 0) is 47.9 Å². The number of rotatable bonds is 2. The van der Waals surface area contributed by atoms with Crippen LogP contribution >= 0.6 is 0 Å². The predicted molar refractivity (Wildman–Crippen MR) is 88.8 cm³/mol. The Morgan fingerprint density at radius 2 is 1.45 bits per heavy atom. The normalized spacial score (nSPS) is 13.7. The molecule has 0 fully saturated rings. The summed E-state index contributed by atoms with van der Waals surface area (Å²) in [6.45, 7) is 2.18. The highest BCUT2D eigenvalue weighted by atomic mass is 15.1. The molecule has 0 aromatic heterocycles. The standard InChI is InChI=1S/C18H23N2/c1-14(15-6-10-17(11-7-15)19(2)3)16-8-12-18(13-9-16)20(4)5/h6-13H,1-5H3/q+1. The molecule has 1 aliphatic carbocycles. The molecule has 1 aromatic rings. The van der Waals surface area contributed by atoms with Gasteiger partial charge in [-0.3, -0.25) is 0 Å². The van der Waals surface area contributed by atoms with Crippen LogP contribution in [0, 0.1) is 0 Å². The van der Waals surface area contributed by atoms with Gasteiger partial charge in [0, 0.05) is 31.9 Å². The number of benzene rings is 1. The van der Waals surface area contributed by atoms with Crippen LogP contribution in [0.5, 0.6) is 0 Å². The molecule has 0 unspecified atom stereocenters. The summed E-state index contributed by atoms with van der Waals surface area (Å²) in [5.41, 5.74) is 6.30. The molecule has 104 valence electrons. The third-order valence-electron chi connectivity index (χ3n) is 3.63. The van der Waals surface area contributed by atoms with Crippen molar-refractivity contribution in [1.29, 1.82) is 0 Å². The Labute approximate surface area is 122 Å². The van der Waals surface area contributed by atoms with Crippen LogP contribution < -0.4 is 4.90 Å². The molecule has 0 saturated heterocycles. The second kappa shape index (κ2) is 5.91. The van der Waals surface area contributed by atoms with Crippen molar-refractivity contribution in [3.8, 4) is 0 Å². The largest absolute Gasteiger partial charge is 0.378 e. The number of hydrogen-bond donors (Lipinski definition) is 0. The summed E-state index contributed by atoms with van der Waals surface area (Å²) in [6, 6.07) is 8.69. The summed E-state index contributed by atoms with van der Waals surface area (Å²) in [7, 11) is 8.24.